The van der Waals surface area contributed by atoms with Crippen molar-refractivity contribution in [2.45, 2.75) is 18.2 Å². The van der Waals surface area contributed by atoms with E-state index < -0.39 is 0 Å². The number of alkyl halides is 1. The number of nitrogens with zero attached hydrogens (tertiary/aromatic N) is 2. The summed E-state index contributed by atoms with van der Waals surface area (Å²) in [6.45, 7) is 3.34. The van der Waals surface area contributed by atoms with Gasteiger partial charge < -0.3 is 10.1 Å². The molecule has 4 rings (SSSR count). The molecule has 3 aromatic rings. The van der Waals surface area contributed by atoms with Crippen LogP contribution >= 0.6 is 27.5 Å². The fraction of sp³-hybridized carbons (Fsp3) is 0.227. The third-order valence-electron chi connectivity index (χ3n) is 4.60. The van der Waals surface area contributed by atoms with Gasteiger partial charge in [0, 0.05) is 22.1 Å². The van der Waals surface area contributed by atoms with Crippen LogP contribution in [-0.4, -0.2) is 27.5 Å². The Morgan fingerprint density at radius 1 is 1.25 bits per heavy atom. The zero-order chi connectivity index (χ0) is 19.5. The summed E-state index contributed by atoms with van der Waals surface area (Å²) in [5.41, 5.74) is 4.12. The molecular weight excluding hydrogens is 438 g/mol. The number of aromatic nitrogens is 2. The minimum Gasteiger partial charge on any atom is -0.494 e. The van der Waals surface area contributed by atoms with Crippen molar-refractivity contribution in [1.82, 2.24) is 9.55 Å². The molecule has 144 valence electrons. The molecule has 0 amide bonds. The van der Waals surface area contributed by atoms with Gasteiger partial charge in [0.1, 0.15) is 5.75 Å². The van der Waals surface area contributed by atoms with Crippen LogP contribution in [0.15, 0.2) is 66.3 Å². The van der Waals surface area contributed by atoms with E-state index in [4.69, 9.17) is 21.3 Å². The number of benzene rings is 2. The summed E-state index contributed by atoms with van der Waals surface area (Å²) >= 11 is 9.87. The maximum absolute atomic E-state index is 6.26. The number of anilines is 1. The second kappa shape index (κ2) is 8.41. The van der Waals surface area contributed by atoms with Crippen LogP contribution in [0.5, 0.6) is 5.75 Å². The Kier molecular flexibility index (Phi) is 5.74. The van der Waals surface area contributed by atoms with E-state index in [2.05, 4.69) is 44.0 Å². The van der Waals surface area contributed by atoms with E-state index in [0.29, 0.717) is 23.0 Å². The second-order valence-electron chi connectivity index (χ2n) is 6.57. The van der Waals surface area contributed by atoms with Crippen molar-refractivity contribution < 1.29 is 4.74 Å². The molecule has 0 saturated carbocycles. The van der Waals surface area contributed by atoms with Crippen molar-refractivity contribution in [1.29, 1.82) is 0 Å². The van der Waals surface area contributed by atoms with Crippen LogP contribution in [-0.2, 0) is 0 Å². The van der Waals surface area contributed by atoms with Crippen molar-refractivity contribution >= 4 is 44.5 Å². The monoisotopic (exact) mass is 457 g/mol. The average molecular weight is 459 g/mol. The lowest BCUT2D eigenvalue weighted by molar-refractivity contribution is 0.340. The highest BCUT2D eigenvalue weighted by Gasteiger charge is 2.14. The van der Waals surface area contributed by atoms with Crippen LogP contribution in [0.4, 0.5) is 5.95 Å². The van der Waals surface area contributed by atoms with Gasteiger partial charge in [-0.05, 0) is 61.4 Å². The van der Waals surface area contributed by atoms with Crippen molar-refractivity contribution in [2.75, 3.05) is 18.5 Å². The van der Waals surface area contributed by atoms with Crippen LogP contribution in [0.2, 0.25) is 5.02 Å². The van der Waals surface area contributed by atoms with E-state index >= 15 is 0 Å². The Morgan fingerprint density at radius 3 is 2.79 bits per heavy atom. The zero-order valence-corrected chi connectivity index (χ0v) is 17.9. The minimum absolute atomic E-state index is 0.423. The number of hydrogen-bond acceptors (Lipinski definition) is 3. The molecule has 0 fully saturated rings. The first kappa shape index (κ1) is 19.1. The van der Waals surface area contributed by atoms with E-state index in [1.807, 2.05) is 49.4 Å². The van der Waals surface area contributed by atoms with Crippen molar-refractivity contribution in [3.63, 3.8) is 0 Å². The standard InChI is InChI=1S/C22H21BrClN3O/c1-2-28-19-10-8-18(9-11-19)27-21-13-17(24)7-12-20(21)26-22(27)25-14-15-3-5-16(23)6-4-15/h3-5,7-13,16H,2,6,14H2,1H3,(H,25,26). The Hall–Kier alpha value is -2.24. The molecule has 0 saturated heterocycles. The first-order valence-electron chi connectivity index (χ1n) is 9.30. The number of allylic oxidation sites excluding steroid dienone is 2. The van der Waals surface area contributed by atoms with Crippen LogP contribution < -0.4 is 10.1 Å². The van der Waals surface area contributed by atoms with Gasteiger partial charge in [0.15, 0.2) is 0 Å². The fourth-order valence-corrected chi connectivity index (χ4v) is 3.74. The maximum Gasteiger partial charge on any atom is 0.208 e. The predicted molar refractivity (Wildman–Crippen MR) is 120 cm³/mol. The molecule has 0 spiro atoms. The molecule has 0 bridgehead atoms. The molecule has 1 aliphatic rings. The van der Waals surface area contributed by atoms with Gasteiger partial charge >= 0.3 is 0 Å². The molecular formula is C22H21BrClN3O. The number of hydrogen-bond donors (Lipinski definition) is 1. The number of nitrogens with one attached hydrogen (secondary N) is 1. The first-order chi connectivity index (χ1) is 13.6. The molecule has 1 atom stereocenters. The van der Waals surface area contributed by atoms with Crippen LogP contribution in [0.25, 0.3) is 16.7 Å². The smallest absolute Gasteiger partial charge is 0.208 e. The van der Waals surface area contributed by atoms with Crippen molar-refractivity contribution in [3.05, 3.63) is 71.3 Å². The number of imidazole rings is 1. The summed E-state index contributed by atoms with van der Waals surface area (Å²) < 4.78 is 7.66. The summed E-state index contributed by atoms with van der Waals surface area (Å²) in [6.07, 6.45) is 7.56. The van der Waals surface area contributed by atoms with E-state index in [1.165, 1.54) is 5.57 Å². The quantitative estimate of drug-likeness (QED) is 0.451. The van der Waals surface area contributed by atoms with Gasteiger partial charge in [-0.2, -0.15) is 0 Å². The summed E-state index contributed by atoms with van der Waals surface area (Å²) in [7, 11) is 0. The molecule has 28 heavy (non-hydrogen) atoms. The third kappa shape index (κ3) is 4.10. The first-order valence-corrected chi connectivity index (χ1v) is 10.6. The van der Waals surface area contributed by atoms with Gasteiger partial charge in [0.2, 0.25) is 5.95 Å². The van der Waals surface area contributed by atoms with Crippen LogP contribution in [0, 0.1) is 0 Å². The summed E-state index contributed by atoms with van der Waals surface area (Å²) in [5.74, 6) is 1.64. The molecule has 1 aromatic heterocycles. The predicted octanol–water partition coefficient (Wildman–Crippen LogP) is 6.14. The Balaban J connectivity index is 1.69. The van der Waals surface area contributed by atoms with Gasteiger partial charge in [-0.3, -0.25) is 4.57 Å². The lowest BCUT2D eigenvalue weighted by Gasteiger charge is -2.14. The van der Waals surface area contributed by atoms with Gasteiger partial charge in [-0.1, -0.05) is 45.8 Å². The lowest BCUT2D eigenvalue weighted by atomic mass is 10.1. The van der Waals surface area contributed by atoms with Gasteiger partial charge in [-0.25, -0.2) is 4.98 Å². The zero-order valence-electron chi connectivity index (χ0n) is 15.5. The molecule has 6 heteroatoms. The topological polar surface area (TPSA) is 39.1 Å². The van der Waals surface area contributed by atoms with Gasteiger partial charge in [-0.15, -0.1) is 0 Å². The number of rotatable bonds is 6. The molecule has 1 heterocycles. The average Bonchev–Trinajstić information content (AvgIpc) is 3.06. The normalized spacial score (nSPS) is 16.2. The van der Waals surface area contributed by atoms with Crippen molar-refractivity contribution in [3.8, 4) is 11.4 Å². The maximum atomic E-state index is 6.26. The molecule has 1 N–H and O–H groups in total. The third-order valence-corrected chi connectivity index (χ3v) is 5.51. The highest BCUT2D eigenvalue weighted by Crippen LogP contribution is 2.28. The molecule has 0 radical (unpaired) electrons. The molecule has 2 aromatic carbocycles. The highest BCUT2D eigenvalue weighted by atomic mass is 79.9. The molecule has 1 unspecified atom stereocenters. The molecule has 0 aliphatic heterocycles. The Morgan fingerprint density at radius 2 is 2.07 bits per heavy atom. The summed E-state index contributed by atoms with van der Waals surface area (Å²) in [6, 6.07) is 13.8. The number of ether oxygens (including phenoxy) is 1. The van der Waals surface area contributed by atoms with E-state index in [-0.39, 0.29) is 0 Å². The summed E-state index contributed by atoms with van der Waals surface area (Å²) in [5, 5.41) is 4.18. The largest absolute Gasteiger partial charge is 0.494 e. The van der Waals surface area contributed by atoms with Crippen LogP contribution in [0.1, 0.15) is 13.3 Å². The van der Waals surface area contributed by atoms with Crippen molar-refractivity contribution in [2.24, 2.45) is 0 Å². The second-order valence-corrected chi connectivity index (χ2v) is 8.19. The van der Waals surface area contributed by atoms with E-state index in [0.717, 1.165) is 34.8 Å². The van der Waals surface area contributed by atoms with E-state index in [9.17, 15) is 0 Å². The van der Waals surface area contributed by atoms with E-state index in [1.54, 1.807) is 0 Å². The highest BCUT2D eigenvalue weighted by molar-refractivity contribution is 9.09. The van der Waals surface area contributed by atoms with Gasteiger partial charge in [0.05, 0.1) is 17.6 Å². The van der Waals surface area contributed by atoms with Gasteiger partial charge in [0.25, 0.3) is 0 Å². The molecule has 4 nitrogen and oxygen atoms in total. The summed E-state index contributed by atoms with van der Waals surface area (Å²) in [4.78, 5) is 5.21. The SMILES string of the molecule is CCOc1ccc(-n2c(NCC3=CCC(Br)C=C3)nc3ccc(Cl)cc32)cc1. The Bertz CT molecular complexity index is 1040. The fourth-order valence-electron chi connectivity index (χ4n) is 3.24. The number of halogens is 2. The number of fused-ring (bicyclic) bond motifs is 1. The van der Waals surface area contributed by atoms with Crippen LogP contribution in [0.3, 0.4) is 0 Å². The molecule has 1 aliphatic carbocycles. The Labute approximate surface area is 178 Å². The lowest BCUT2D eigenvalue weighted by Crippen LogP contribution is -2.11. The minimum atomic E-state index is 0.423.